The number of ether oxygens (including phenoxy) is 1. The minimum atomic E-state index is -0.255. The van der Waals surface area contributed by atoms with Crippen LogP contribution in [0.3, 0.4) is 0 Å². The summed E-state index contributed by atoms with van der Waals surface area (Å²) in [6.07, 6.45) is 1.98. The van der Waals surface area contributed by atoms with E-state index in [-0.39, 0.29) is 12.4 Å². The Bertz CT molecular complexity index is 531. The molecule has 0 amide bonds. The summed E-state index contributed by atoms with van der Waals surface area (Å²) in [6, 6.07) is 0. The van der Waals surface area contributed by atoms with Crippen molar-refractivity contribution in [3.63, 3.8) is 0 Å². The Hall–Kier alpha value is -1.69. The third-order valence-corrected chi connectivity index (χ3v) is 3.34. The van der Waals surface area contributed by atoms with Gasteiger partial charge in [-0.25, -0.2) is 9.67 Å². The molecule has 2 aromatic rings. The average molecular weight is 251 g/mol. The fraction of sp³-hybridized carbons (Fsp3) is 0.364. The van der Waals surface area contributed by atoms with Crippen LogP contribution in [0.25, 0.3) is 5.13 Å². The first-order chi connectivity index (χ1) is 8.13. The maximum Gasteiger partial charge on any atom is 0.310 e. The summed E-state index contributed by atoms with van der Waals surface area (Å²) in [5.41, 5.74) is 2.68. The number of esters is 1. The van der Waals surface area contributed by atoms with Crippen molar-refractivity contribution in [1.82, 2.24) is 14.8 Å². The van der Waals surface area contributed by atoms with Crippen molar-refractivity contribution in [2.75, 3.05) is 7.11 Å². The topological polar surface area (TPSA) is 57.0 Å². The van der Waals surface area contributed by atoms with Gasteiger partial charge in [0.25, 0.3) is 0 Å². The number of carbonyl (C=O) groups is 1. The fourth-order valence-corrected chi connectivity index (χ4v) is 2.30. The smallest absolute Gasteiger partial charge is 0.310 e. The molecule has 2 heterocycles. The Labute approximate surface area is 103 Å². The lowest BCUT2D eigenvalue weighted by Crippen LogP contribution is -2.06. The zero-order chi connectivity index (χ0) is 12.4. The molecular formula is C11H13N3O2S. The van der Waals surface area contributed by atoms with Crippen LogP contribution in [0, 0.1) is 13.8 Å². The molecule has 0 atom stereocenters. The number of hydrogen-bond acceptors (Lipinski definition) is 5. The van der Waals surface area contributed by atoms with Gasteiger partial charge in [-0.3, -0.25) is 4.79 Å². The second-order valence-electron chi connectivity index (χ2n) is 3.63. The molecular weight excluding hydrogens is 238 g/mol. The molecule has 0 aliphatic carbocycles. The lowest BCUT2D eigenvalue weighted by Gasteiger charge is -2.01. The zero-order valence-corrected chi connectivity index (χ0v) is 10.7. The molecule has 5 nitrogen and oxygen atoms in total. The molecule has 0 N–H and O–H groups in total. The molecule has 17 heavy (non-hydrogen) atoms. The normalized spacial score (nSPS) is 10.5. The van der Waals surface area contributed by atoms with E-state index >= 15 is 0 Å². The first-order valence-electron chi connectivity index (χ1n) is 5.15. The van der Waals surface area contributed by atoms with Gasteiger partial charge in [-0.05, 0) is 13.8 Å². The molecule has 6 heteroatoms. The number of methoxy groups -OCH3 is 1. The van der Waals surface area contributed by atoms with Crippen molar-refractivity contribution < 1.29 is 9.53 Å². The van der Waals surface area contributed by atoms with E-state index < -0.39 is 0 Å². The molecule has 0 aliphatic heterocycles. The van der Waals surface area contributed by atoms with Gasteiger partial charge in [-0.1, -0.05) is 0 Å². The second-order valence-corrected chi connectivity index (χ2v) is 4.50. The van der Waals surface area contributed by atoms with Crippen LogP contribution in [0.4, 0.5) is 0 Å². The molecule has 0 saturated carbocycles. The molecule has 90 valence electrons. The molecule has 0 saturated heterocycles. The summed E-state index contributed by atoms with van der Waals surface area (Å²) >= 11 is 1.51. The summed E-state index contributed by atoms with van der Waals surface area (Å²) in [5, 5.41) is 7.10. The Morgan fingerprint density at radius 1 is 1.53 bits per heavy atom. The highest BCUT2D eigenvalue weighted by atomic mass is 32.1. The van der Waals surface area contributed by atoms with Crippen LogP contribution in [0.15, 0.2) is 11.6 Å². The lowest BCUT2D eigenvalue weighted by molar-refractivity contribution is -0.139. The first kappa shape index (κ1) is 11.8. The van der Waals surface area contributed by atoms with Gasteiger partial charge in [0, 0.05) is 22.8 Å². The van der Waals surface area contributed by atoms with Crippen LogP contribution in [-0.2, 0) is 16.0 Å². The largest absolute Gasteiger partial charge is 0.469 e. The lowest BCUT2D eigenvalue weighted by atomic mass is 10.1. The van der Waals surface area contributed by atoms with Crippen molar-refractivity contribution in [3.8, 4) is 5.13 Å². The van der Waals surface area contributed by atoms with Gasteiger partial charge in [0.2, 0.25) is 5.13 Å². The Morgan fingerprint density at radius 3 is 2.88 bits per heavy atom. The highest BCUT2D eigenvalue weighted by molar-refractivity contribution is 7.12. The number of carbonyl (C=O) groups excluding carboxylic acids is 1. The number of hydrogen-bond donors (Lipinski definition) is 0. The highest BCUT2D eigenvalue weighted by Gasteiger charge is 2.16. The summed E-state index contributed by atoms with van der Waals surface area (Å²) < 4.78 is 6.44. The summed E-state index contributed by atoms with van der Waals surface area (Å²) in [7, 11) is 1.39. The van der Waals surface area contributed by atoms with Crippen molar-refractivity contribution in [1.29, 1.82) is 0 Å². The van der Waals surface area contributed by atoms with E-state index in [0.717, 1.165) is 22.1 Å². The van der Waals surface area contributed by atoms with E-state index in [4.69, 9.17) is 0 Å². The summed E-state index contributed by atoms with van der Waals surface area (Å²) in [4.78, 5) is 15.5. The van der Waals surface area contributed by atoms with Crippen LogP contribution in [0.1, 0.15) is 17.0 Å². The zero-order valence-electron chi connectivity index (χ0n) is 9.93. The monoisotopic (exact) mass is 251 g/mol. The highest BCUT2D eigenvalue weighted by Crippen LogP contribution is 2.19. The summed E-state index contributed by atoms with van der Waals surface area (Å²) in [5.74, 6) is -0.255. The first-order valence-corrected chi connectivity index (χ1v) is 6.03. The van der Waals surface area contributed by atoms with Crippen LogP contribution < -0.4 is 0 Å². The van der Waals surface area contributed by atoms with E-state index in [1.54, 1.807) is 10.9 Å². The SMILES string of the molecule is COC(=O)Cc1c(C)nn(-c2nccs2)c1C. The van der Waals surface area contributed by atoms with E-state index in [1.165, 1.54) is 18.4 Å². The average Bonchev–Trinajstić information content (AvgIpc) is 2.92. The standard InChI is InChI=1S/C11H13N3O2S/c1-7-9(6-10(15)16-3)8(2)14(13-7)11-12-4-5-17-11/h4-5H,6H2,1-3H3. The van der Waals surface area contributed by atoms with Crippen molar-refractivity contribution in [3.05, 3.63) is 28.5 Å². The third-order valence-electron chi connectivity index (χ3n) is 2.59. The van der Waals surface area contributed by atoms with E-state index in [2.05, 4.69) is 14.8 Å². The molecule has 2 rings (SSSR count). The van der Waals surface area contributed by atoms with Crippen molar-refractivity contribution >= 4 is 17.3 Å². The minimum absolute atomic E-state index is 0.250. The van der Waals surface area contributed by atoms with Gasteiger partial charge in [0.15, 0.2) is 0 Å². The Morgan fingerprint density at radius 2 is 2.29 bits per heavy atom. The molecule has 0 unspecified atom stereocenters. The molecule has 0 aliphatic rings. The molecule has 0 aromatic carbocycles. The van der Waals surface area contributed by atoms with Crippen molar-refractivity contribution in [2.24, 2.45) is 0 Å². The number of thiazole rings is 1. The van der Waals surface area contributed by atoms with Crippen LogP contribution >= 0.6 is 11.3 Å². The van der Waals surface area contributed by atoms with E-state index in [9.17, 15) is 4.79 Å². The van der Waals surface area contributed by atoms with E-state index in [0.29, 0.717) is 0 Å². The Balaban J connectivity index is 2.39. The van der Waals surface area contributed by atoms with Crippen molar-refractivity contribution in [2.45, 2.75) is 20.3 Å². The predicted octanol–water partition coefficient (Wildman–Crippen LogP) is 1.66. The van der Waals surface area contributed by atoms with Crippen LogP contribution in [-0.4, -0.2) is 27.8 Å². The summed E-state index contributed by atoms with van der Waals surface area (Å²) in [6.45, 7) is 3.81. The van der Waals surface area contributed by atoms with Crippen LogP contribution in [0.2, 0.25) is 0 Å². The van der Waals surface area contributed by atoms with Gasteiger partial charge in [-0.15, -0.1) is 11.3 Å². The molecule has 0 spiro atoms. The van der Waals surface area contributed by atoms with Crippen LogP contribution in [0.5, 0.6) is 0 Å². The van der Waals surface area contributed by atoms with Gasteiger partial charge in [0.1, 0.15) is 0 Å². The predicted molar refractivity (Wildman–Crippen MR) is 64.4 cm³/mol. The van der Waals surface area contributed by atoms with Gasteiger partial charge in [-0.2, -0.15) is 5.10 Å². The number of rotatable bonds is 3. The number of nitrogens with zero attached hydrogens (tertiary/aromatic N) is 3. The molecule has 0 radical (unpaired) electrons. The minimum Gasteiger partial charge on any atom is -0.469 e. The van der Waals surface area contributed by atoms with Gasteiger partial charge < -0.3 is 4.74 Å². The maximum absolute atomic E-state index is 11.3. The number of aryl methyl sites for hydroxylation is 1. The van der Waals surface area contributed by atoms with Gasteiger partial charge >= 0.3 is 5.97 Å². The fourth-order valence-electron chi connectivity index (χ4n) is 1.65. The van der Waals surface area contributed by atoms with E-state index in [1.807, 2.05) is 19.2 Å². The second kappa shape index (κ2) is 4.67. The molecule has 0 fully saturated rings. The maximum atomic E-state index is 11.3. The molecule has 2 aromatic heterocycles. The van der Waals surface area contributed by atoms with Gasteiger partial charge in [0.05, 0.1) is 19.2 Å². The third kappa shape index (κ3) is 2.21. The Kier molecular flexibility index (Phi) is 3.23. The number of aromatic nitrogens is 3. The molecule has 0 bridgehead atoms. The quantitative estimate of drug-likeness (QED) is 0.778.